The highest BCUT2D eigenvalue weighted by Crippen LogP contribution is 2.13. The van der Waals surface area contributed by atoms with Crippen molar-refractivity contribution < 1.29 is 9.84 Å². The molecule has 3 N–H and O–H groups in total. The van der Waals surface area contributed by atoms with Crippen molar-refractivity contribution in [2.45, 2.75) is 12.6 Å². The number of hydrogen-bond donors (Lipinski definition) is 2. The summed E-state index contributed by atoms with van der Waals surface area (Å²) in [7, 11) is 0. The summed E-state index contributed by atoms with van der Waals surface area (Å²) in [6.45, 7) is 0.645. The maximum atomic E-state index is 9.73. The van der Waals surface area contributed by atoms with E-state index in [1.54, 1.807) is 41.3 Å². The minimum Gasteiger partial charge on any atom is -0.491 e. The number of nitrogens with two attached hydrogens (primary N) is 1. The minimum absolute atomic E-state index is 0.226. The summed E-state index contributed by atoms with van der Waals surface area (Å²) in [5.41, 5.74) is 6.25. The van der Waals surface area contributed by atoms with Crippen LogP contribution in [-0.4, -0.2) is 27.6 Å². The average Bonchev–Trinajstić information content (AvgIpc) is 2.81. The molecule has 90 valence electrons. The van der Waals surface area contributed by atoms with Gasteiger partial charge in [0.1, 0.15) is 18.5 Å². The number of anilines is 1. The van der Waals surface area contributed by atoms with Crippen LogP contribution in [0.4, 0.5) is 5.69 Å². The number of benzene rings is 1. The van der Waals surface area contributed by atoms with Gasteiger partial charge in [0, 0.05) is 18.1 Å². The number of hydrogen-bond acceptors (Lipinski definition) is 4. The number of aliphatic hydroxyl groups is 1. The van der Waals surface area contributed by atoms with Crippen molar-refractivity contribution in [1.29, 1.82) is 0 Å². The quantitative estimate of drug-likeness (QED) is 0.753. The summed E-state index contributed by atoms with van der Waals surface area (Å²) < 4.78 is 7.09. The predicted octanol–water partition coefficient (Wildman–Crippen LogP) is 0.905. The van der Waals surface area contributed by atoms with E-state index < -0.39 is 6.10 Å². The Balaban J connectivity index is 1.79. The van der Waals surface area contributed by atoms with Gasteiger partial charge in [0.05, 0.1) is 6.54 Å². The van der Waals surface area contributed by atoms with Crippen molar-refractivity contribution in [2.75, 3.05) is 12.3 Å². The lowest BCUT2D eigenvalue weighted by Gasteiger charge is -2.12. The zero-order valence-electron chi connectivity index (χ0n) is 9.36. The van der Waals surface area contributed by atoms with Crippen molar-refractivity contribution in [3.8, 4) is 5.75 Å². The third-order valence-corrected chi connectivity index (χ3v) is 2.28. The second-order valence-corrected chi connectivity index (χ2v) is 3.76. The van der Waals surface area contributed by atoms with Crippen LogP contribution in [-0.2, 0) is 6.54 Å². The summed E-state index contributed by atoms with van der Waals surface area (Å²) in [6.07, 6.45) is 2.88. The Bertz CT molecular complexity index is 439. The molecule has 2 aromatic rings. The summed E-state index contributed by atoms with van der Waals surface area (Å²) in [4.78, 5) is 0. The smallest absolute Gasteiger partial charge is 0.119 e. The SMILES string of the molecule is Nc1ccc(OCC(O)Cn2cccn2)cc1. The van der Waals surface area contributed by atoms with Gasteiger partial charge in [-0.2, -0.15) is 5.10 Å². The topological polar surface area (TPSA) is 73.3 Å². The molecule has 1 aromatic carbocycles. The van der Waals surface area contributed by atoms with Gasteiger partial charge in [-0.15, -0.1) is 0 Å². The standard InChI is InChI=1S/C12H15N3O2/c13-10-2-4-12(5-3-10)17-9-11(16)8-15-7-1-6-14-15/h1-7,11,16H,8-9,13H2. The van der Waals surface area contributed by atoms with Crippen LogP contribution in [0.15, 0.2) is 42.7 Å². The van der Waals surface area contributed by atoms with Crippen LogP contribution in [0.25, 0.3) is 0 Å². The highest BCUT2D eigenvalue weighted by molar-refractivity contribution is 5.41. The van der Waals surface area contributed by atoms with E-state index in [1.807, 2.05) is 6.07 Å². The van der Waals surface area contributed by atoms with Crippen LogP contribution in [0.3, 0.4) is 0 Å². The van der Waals surface area contributed by atoms with E-state index in [1.165, 1.54) is 0 Å². The molecule has 0 aliphatic heterocycles. The lowest BCUT2D eigenvalue weighted by molar-refractivity contribution is 0.0893. The van der Waals surface area contributed by atoms with E-state index in [0.717, 1.165) is 0 Å². The molecule has 5 heteroatoms. The Morgan fingerprint density at radius 3 is 2.76 bits per heavy atom. The Morgan fingerprint density at radius 2 is 2.12 bits per heavy atom. The second kappa shape index (κ2) is 5.36. The van der Waals surface area contributed by atoms with E-state index in [-0.39, 0.29) is 6.61 Å². The van der Waals surface area contributed by atoms with Gasteiger partial charge in [0.25, 0.3) is 0 Å². The fourth-order valence-corrected chi connectivity index (χ4v) is 1.43. The van der Waals surface area contributed by atoms with Gasteiger partial charge >= 0.3 is 0 Å². The highest BCUT2D eigenvalue weighted by atomic mass is 16.5. The predicted molar refractivity (Wildman–Crippen MR) is 64.6 cm³/mol. The first kappa shape index (κ1) is 11.5. The lowest BCUT2D eigenvalue weighted by Crippen LogP contribution is -2.23. The monoisotopic (exact) mass is 233 g/mol. The Morgan fingerprint density at radius 1 is 1.35 bits per heavy atom. The van der Waals surface area contributed by atoms with E-state index in [0.29, 0.717) is 18.0 Å². The fraction of sp³-hybridized carbons (Fsp3) is 0.250. The second-order valence-electron chi connectivity index (χ2n) is 3.76. The van der Waals surface area contributed by atoms with E-state index >= 15 is 0 Å². The number of nitrogens with zero attached hydrogens (tertiary/aromatic N) is 2. The van der Waals surface area contributed by atoms with Crippen LogP contribution in [0, 0.1) is 0 Å². The van der Waals surface area contributed by atoms with Crippen molar-refractivity contribution in [3.63, 3.8) is 0 Å². The summed E-state index contributed by atoms with van der Waals surface area (Å²) >= 11 is 0. The molecule has 0 bridgehead atoms. The molecule has 0 aliphatic carbocycles. The third kappa shape index (κ3) is 3.49. The molecule has 0 saturated heterocycles. The minimum atomic E-state index is -0.590. The summed E-state index contributed by atoms with van der Waals surface area (Å²) in [5.74, 6) is 0.693. The molecule has 1 unspecified atom stereocenters. The molecule has 5 nitrogen and oxygen atoms in total. The normalized spacial score (nSPS) is 12.3. The lowest BCUT2D eigenvalue weighted by atomic mass is 10.3. The van der Waals surface area contributed by atoms with Crippen LogP contribution >= 0.6 is 0 Å². The van der Waals surface area contributed by atoms with Crippen molar-refractivity contribution >= 4 is 5.69 Å². The van der Waals surface area contributed by atoms with Crippen LogP contribution in [0.1, 0.15) is 0 Å². The first-order chi connectivity index (χ1) is 8.24. The van der Waals surface area contributed by atoms with Gasteiger partial charge < -0.3 is 15.6 Å². The molecular weight excluding hydrogens is 218 g/mol. The molecule has 17 heavy (non-hydrogen) atoms. The molecule has 2 rings (SSSR count). The number of aromatic nitrogens is 2. The number of aliphatic hydroxyl groups excluding tert-OH is 1. The number of rotatable bonds is 5. The van der Waals surface area contributed by atoms with Gasteiger partial charge in [-0.05, 0) is 30.3 Å². The zero-order chi connectivity index (χ0) is 12.1. The molecule has 0 radical (unpaired) electrons. The van der Waals surface area contributed by atoms with E-state index in [2.05, 4.69) is 5.10 Å². The largest absolute Gasteiger partial charge is 0.491 e. The van der Waals surface area contributed by atoms with Crippen molar-refractivity contribution in [3.05, 3.63) is 42.7 Å². The maximum Gasteiger partial charge on any atom is 0.119 e. The van der Waals surface area contributed by atoms with Gasteiger partial charge in [-0.3, -0.25) is 4.68 Å². The summed E-state index contributed by atoms with van der Waals surface area (Å²) in [5, 5.41) is 13.7. The highest BCUT2D eigenvalue weighted by Gasteiger charge is 2.06. The Hall–Kier alpha value is -2.01. The molecule has 0 aliphatic rings. The molecular formula is C12H15N3O2. The number of nitrogen functional groups attached to an aromatic ring is 1. The third-order valence-electron chi connectivity index (χ3n) is 2.28. The van der Waals surface area contributed by atoms with Crippen molar-refractivity contribution in [2.24, 2.45) is 0 Å². The van der Waals surface area contributed by atoms with Crippen LogP contribution in [0.2, 0.25) is 0 Å². The Kier molecular flexibility index (Phi) is 3.62. The van der Waals surface area contributed by atoms with Crippen LogP contribution < -0.4 is 10.5 Å². The molecule has 0 fully saturated rings. The fourth-order valence-electron chi connectivity index (χ4n) is 1.43. The summed E-state index contributed by atoms with van der Waals surface area (Å²) in [6, 6.07) is 8.88. The van der Waals surface area contributed by atoms with E-state index in [4.69, 9.17) is 10.5 Å². The zero-order valence-corrected chi connectivity index (χ0v) is 9.36. The van der Waals surface area contributed by atoms with Gasteiger partial charge in [0.15, 0.2) is 0 Å². The molecule has 1 heterocycles. The molecule has 0 spiro atoms. The van der Waals surface area contributed by atoms with Gasteiger partial charge in [-0.25, -0.2) is 0 Å². The Labute approximate surface area is 99.4 Å². The average molecular weight is 233 g/mol. The molecule has 0 saturated carbocycles. The number of ether oxygens (including phenoxy) is 1. The van der Waals surface area contributed by atoms with Crippen molar-refractivity contribution in [1.82, 2.24) is 9.78 Å². The maximum absolute atomic E-state index is 9.73. The first-order valence-corrected chi connectivity index (χ1v) is 5.38. The first-order valence-electron chi connectivity index (χ1n) is 5.38. The molecule has 1 atom stereocenters. The van der Waals surface area contributed by atoms with Gasteiger partial charge in [0.2, 0.25) is 0 Å². The van der Waals surface area contributed by atoms with E-state index in [9.17, 15) is 5.11 Å². The van der Waals surface area contributed by atoms with Gasteiger partial charge in [-0.1, -0.05) is 0 Å². The molecule has 0 amide bonds. The van der Waals surface area contributed by atoms with Crippen LogP contribution in [0.5, 0.6) is 5.75 Å². The molecule has 1 aromatic heterocycles.